The predicted octanol–water partition coefficient (Wildman–Crippen LogP) is 2.51. The number of nitrogens with zero attached hydrogens (tertiary/aromatic N) is 2. The number of Topliss-reactive ketones (excluding diaryl/α,β-unsaturated/α-hetero) is 1. The lowest BCUT2D eigenvalue weighted by molar-refractivity contribution is -0.132. The summed E-state index contributed by atoms with van der Waals surface area (Å²) in [5, 5.41) is 9.45. The van der Waals surface area contributed by atoms with Crippen molar-refractivity contribution in [3.05, 3.63) is 35.9 Å². The van der Waals surface area contributed by atoms with Crippen molar-refractivity contribution >= 4 is 27.0 Å². The van der Waals surface area contributed by atoms with E-state index in [-0.39, 0.29) is 22.2 Å². The van der Waals surface area contributed by atoms with Crippen LogP contribution in [-0.4, -0.2) is 39.0 Å². The number of hydrogen-bond donors (Lipinski definition) is 0. The molecular formula is C18H20N2O2S. The Labute approximate surface area is 139 Å². The molecule has 23 heavy (non-hydrogen) atoms. The quantitative estimate of drug-likeness (QED) is 0.798. The fourth-order valence-corrected chi connectivity index (χ4v) is 5.52. The van der Waals surface area contributed by atoms with E-state index in [0.717, 1.165) is 29.9 Å². The van der Waals surface area contributed by atoms with E-state index in [4.69, 9.17) is 0 Å². The van der Waals surface area contributed by atoms with Crippen molar-refractivity contribution in [1.29, 1.82) is 5.26 Å². The molecule has 0 unspecified atom stereocenters. The van der Waals surface area contributed by atoms with Crippen LogP contribution in [0.3, 0.4) is 0 Å². The minimum Gasteiger partial charge on any atom is -0.328 e. The Kier molecular flexibility index (Phi) is 4.92. The molecule has 120 valence electrons. The number of amides is 1. The summed E-state index contributed by atoms with van der Waals surface area (Å²) in [7, 11) is -0.196. The zero-order chi connectivity index (χ0) is 16.2. The normalized spacial score (nSPS) is 21.4. The van der Waals surface area contributed by atoms with Crippen LogP contribution in [0.1, 0.15) is 31.2 Å². The molecule has 5 heteroatoms. The zero-order valence-corrected chi connectivity index (χ0v) is 13.8. The van der Waals surface area contributed by atoms with Crippen LogP contribution in [0.2, 0.25) is 0 Å². The molecule has 0 bridgehead atoms. The molecule has 2 heterocycles. The SMILES string of the molecule is N#CC(C(=O)[C@H]1CCC(=O)N1Cc1ccccc1)=S1CCCC1. The van der Waals surface area contributed by atoms with Gasteiger partial charge in [0, 0.05) is 13.0 Å². The number of hydrogen-bond acceptors (Lipinski definition) is 3. The molecule has 0 N–H and O–H groups in total. The van der Waals surface area contributed by atoms with Crippen LogP contribution in [-0.2, 0) is 16.1 Å². The Morgan fingerprint density at radius 1 is 1.26 bits per heavy atom. The van der Waals surface area contributed by atoms with E-state index in [1.54, 1.807) is 4.90 Å². The van der Waals surface area contributed by atoms with Crippen LogP contribution in [0.25, 0.3) is 0 Å². The largest absolute Gasteiger partial charge is 0.328 e. The third-order valence-electron chi connectivity index (χ3n) is 4.47. The molecule has 0 spiro atoms. The smallest absolute Gasteiger partial charge is 0.223 e. The fourth-order valence-electron chi connectivity index (χ4n) is 3.26. The van der Waals surface area contributed by atoms with E-state index >= 15 is 0 Å². The molecule has 1 amide bonds. The lowest BCUT2D eigenvalue weighted by Crippen LogP contribution is -2.41. The highest BCUT2D eigenvalue weighted by Crippen LogP contribution is 2.29. The number of rotatable bonds is 4. The van der Waals surface area contributed by atoms with Crippen LogP contribution in [0.4, 0.5) is 0 Å². The molecule has 1 atom stereocenters. The first-order chi connectivity index (χ1) is 11.2. The molecular weight excluding hydrogens is 308 g/mol. The van der Waals surface area contributed by atoms with Crippen LogP contribution in [0.15, 0.2) is 30.3 Å². The lowest BCUT2D eigenvalue weighted by atomic mass is 10.1. The maximum atomic E-state index is 12.9. The average Bonchev–Trinajstić information content (AvgIpc) is 3.20. The first-order valence-corrected chi connectivity index (χ1v) is 9.59. The minimum atomic E-state index is -0.453. The topological polar surface area (TPSA) is 61.2 Å². The number of ketones is 1. The van der Waals surface area contributed by atoms with Crippen LogP contribution < -0.4 is 0 Å². The van der Waals surface area contributed by atoms with Crippen molar-refractivity contribution < 1.29 is 9.59 Å². The third kappa shape index (κ3) is 3.37. The second-order valence-corrected chi connectivity index (χ2v) is 8.19. The second kappa shape index (κ2) is 7.10. The van der Waals surface area contributed by atoms with E-state index in [1.165, 1.54) is 0 Å². The van der Waals surface area contributed by atoms with Gasteiger partial charge in [0.15, 0.2) is 0 Å². The highest BCUT2D eigenvalue weighted by Gasteiger charge is 2.38. The molecule has 0 saturated carbocycles. The summed E-state index contributed by atoms with van der Waals surface area (Å²) in [5.74, 6) is 1.81. The predicted molar refractivity (Wildman–Crippen MR) is 92.2 cm³/mol. The molecule has 4 nitrogen and oxygen atoms in total. The molecule has 3 rings (SSSR count). The van der Waals surface area contributed by atoms with E-state index in [2.05, 4.69) is 6.07 Å². The molecule has 0 aliphatic carbocycles. The number of carbonyl (C=O) groups excluding carboxylic acids is 2. The highest BCUT2D eigenvalue weighted by atomic mass is 32.2. The van der Waals surface area contributed by atoms with E-state index in [1.807, 2.05) is 30.3 Å². The molecule has 2 saturated heterocycles. The van der Waals surface area contributed by atoms with Crippen molar-refractivity contribution in [2.24, 2.45) is 0 Å². The zero-order valence-electron chi connectivity index (χ0n) is 13.0. The van der Waals surface area contributed by atoms with Gasteiger partial charge in [-0.3, -0.25) is 9.59 Å². The third-order valence-corrected chi connectivity index (χ3v) is 6.90. The number of likely N-dealkylation sites (tertiary alicyclic amines) is 1. The fraction of sp³-hybridized carbons (Fsp3) is 0.444. The van der Waals surface area contributed by atoms with Crippen molar-refractivity contribution in [3.8, 4) is 6.07 Å². The van der Waals surface area contributed by atoms with E-state index in [0.29, 0.717) is 24.3 Å². The minimum absolute atomic E-state index is 0.0132. The first-order valence-electron chi connectivity index (χ1n) is 8.03. The monoisotopic (exact) mass is 328 g/mol. The Bertz CT molecular complexity index is 683. The highest BCUT2D eigenvalue weighted by molar-refractivity contribution is 8.17. The summed E-state index contributed by atoms with van der Waals surface area (Å²) in [6, 6.07) is 11.4. The van der Waals surface area contributed by atoms with Gasteiger partial charge in [0.25, 0.3) is 0 Å². The average molecular weight is 328 g/mol. The summed E-state index contributed by atoms with van der Waals surface area (Å²) in [4.78, 5) is 27.2. The molecule has 1 aromatic carbocycles. The first kappa shape index (κ1) is 15.9. The Morgan fingerprint density at radius 3 is 2.61 bits per heavy atom. The molecule has 2 aliphatic rings. The van der Waals surface area contributed by atoms with Crippen molar-refractivity contribution in [3.63, 3.8) is 0 Å². The summed E-state index contributed by atoms with van der Waals surface area (Å²) in [5.41, 5.74) is 1.02. The van der Waals surface area contributed by atoms with Crippen molar-refractivity contribution in [2.75, 3.05) is 11.5 Å². The van der Waals surface area contributed by atoms with Gasteiger partial charge in [-0.1, -0.05) is 30.3 Å². The Morgan fingerprint density at radius 2 is 1.96 bits per heavy atom. The van der Waals surface area contributed by atoms with Gasteiger partial charge in [0.05, 0.1) is 6.04 Å². The van der Waals surface area contributed by atoms with Gasteiger partial charge in [-0.25, -0.2) is 0 Å². The van der Waals surface area contributed by atoms with E-state index < -0.39 is 6.04 Å². The molecule has 0 radical (unpaired) electrons. The van der Waals surface area contributed by atoms with E-state index in [9.17, 15) is 14.9 Å². The van der Waals surface area contributed by atoms with Gasteiger partial charge in [-0.2, -0.15) is 15.7 Å². The number of carbonyl (C=O) groups is 2. The molecule has 2 aliphatic heterocycles. The summed E-state index contributed by atoms with van der Waals surface area (Å²) in [6.07, 6.45) is 3.13. The maximum absolute atomic E-state index is 12.9. The van der Waals surface area contributed by atoms with Gasteiger partial charge in [-0.05, 0) is 36.3 Å². The Balaban J connectivity index is 1.83. The number of nitriles is 1. The summed E-state index contributed by atoms with van der Waals surface area (Å²) < 4.78 is 0. The molecule has 0 aromatic heterocycles. The van der Waals surface area contributed by atoms with Crippen molar-refractivity contribution in [2.45, 2.75) is 38.3 Å². The number of benzene rings is 1. The van der Waals surface area contributed by atoms with Gasteiger partial charge in [-0.15, -0.1) is 0 Å². The standard InChI is InChI=1S/C18H20N2O2S/c19-12-16(23-10-4-5-11-23)18(22)15-8-9-17(21)20(15)13-14-6-2-1-3-7-14/h1-3,6-7,15H,4-5,8-11,13H2/t15-/m1/s1. The van der Waals surface area contributed by atoms with Gasteiger partial charge in [0.1, 0.15) is 10.9 Å². The second-order valence-electron chi connectivity index (χ2n) is 5.98. The molecule has 1 aromatic rings. The van der Waals surface area contributed by atoms with Crippen LogP contribution >= 0.6 is 10.5 Å². The van der Waals surface area contributed by atoms with Crippen LogP contribution in [0.5, 0.6) is 0 Å². The Hall–Kier alpha value is -1.93. The molecule has 2 fully saturated rings. The van der Waals surface area contributed by atoms with Crippen molar-refractivity contribution in [1.82, 2.24) is 4.90 Å². The summed E-state index contributed by atoms with van der Waals surface area (Å²) >= 11 is 0. The van der Waals surface area contributed by atoms with Gasteiger partial charge in [0.2, 0.25) is 11.7 Å². The lowest BCUT2D eigenvalue weighted by Gasteiger charge is -2.24. The van der Waals surface area contributed by atoms with Gasteiger partial charge < -0.3 is 4.90 Å². The maximum Gasteiger partial charge on any atom is 0.223 e. The summed E-state index contributed by atoms with van der Waals surface area (Å²) in [6.45, 7) is 0.447. The van der Waals surface area contributed by atoms with Gasteiger partial charge >= 0.3 is 0 Å². The van der Waals surface area contributed by atoms with Crippen LogP contribution in [0, 0.1) is 11.3 Å².